The number of hydrogen-bond donors (Lipinski definition) is 1. The molecule has 1 N–H and O–H groups in total. The predicted octanol–water partition coefficient (Wildman–Crippen LogP) is 3.15. The van der Waals surface area contributed by atoms with Crippen molar-refractivity contribution in [2.75, 3.05) is 13.1 Å². The number of thiazole rings is 1. The number of likely N-dealkylation sites (tertiary alicyclic amines) is 1. The molecule has 4 nitrogen and oxygen atoms in total. The van der Waals surface area contributed by atoms with Crippen molar-refractivity contribution in [1.82, 2.24) is 15.2 Å². The summed E-state index contributed by atoms with van der Waals surface area (Å²) in [7, 11) is 0. The van der Waals surface area contributed by atoms with Crippen molar-refractivity contribution in [1.29, 1.82) is 0 Å². The minimum absolute atomic E-state index is 0.297. The maximum Gasteiger partial charge on any atom is 0.222 e. The van der Waals surface area contributed by atoms with Gasteiger partial charge in [0, 0.05) is 43.4 Å². The molecule has 1 aliphatic carbocycles. The summed E-state index contributed by atoms with van der Waals surface area (Å²) >= 11 is 1.82. The van der Waals surface area contributed by atoms with Crippen molar-refractivity contribution in [3.05, 3.63) is 16.1 Å². The lowest BCUT2D eigenvalue weighted by atomic mass is 9.89. The molecule has 122 valence electrons. The molecule has 2 atom stereocenters. The van der Waals surface area contributed by atoms with E-state index in [1.54, 1.807) is 0 Å². The van der Waals surface area contributed by atoms with Crippen LogP contribution in [0, 0.1) is 5.92 Å². The van der Waals surface area contributed by atoms with Gasteiger partial charge in [0.1, 0.15) is 0 Å². The van der Waals surface area contributed by atoms with Crippen LogP contribution in [0.25, 0.3) is 0 Å². The normalized spacial score (nSPS) is 25.5. The van der Waals surface area contributed by atoms with Gasteiger partial charge in [-0.1, -0.05) is 20.3 Å². The first-order valence-electron chi connectivity index (χ1n) is 8.66. The number of carbonyl (C=O) groups is 1. The molecular weight excluding hydrogens is 294 g/mol. The summed E-state index contributed by atoms with van der Waals surface area (Å²) in [6, 6.07) is 0.511. The Balaban J connectivity index is 1.51. The molecule has 0 unspecified atom stereocenters. The second kappa shape index (κ2) is 7.09. The predicted molar refractivity (Wildman–Crippen MR) is 90.0 cm³/mol. The Hall–Kier alpha value is -0.940. The Morgan fingerprint density at radius 2 is 2.23 bits per heavy atom. The van der Waals surface area contributed by atoms with E-state index in [2.05, 4.69) is 17.6 Å². The van der Waals surface area contributed by atoms with Gasteiger partial charge in [-0.05, 0) is 25.2 Å². The average molecular weight is 321 g/mol. The van der Waals surface area contributed by atoms with Crippen LogP contribution in [-0.2, 0) is 11.3 Å². The van der Waals surface area contributed by atoms with Gasteiger partial charge in [-0.2, -0.15) is 0 Å². The molecule has 2 heterocycles. The molecule has 3 rings (SSSR count). The fraction of sp³-hybridized carbons (Fsp3) is 0.765. The van der Waals surface area contributed by atoms with Crippen molar-refractivity contribution in [2.45, 2.75) is 64.5 Å². The number of nitrogens with one attached hydrogen (secondary N) is 1. The van der Waals surface area contributed by atoms with Crippen LogP contribution in [0.1, 0.15) is 62.6 Å². The van der Waals surface area contributed by atoms with Gasteiger partial charge in [-0.3, -0.25) is 4.79 Å². The lowest BCUT2D eigenvalue weighted by Gasteiger charge is -2.38. The second-order valence-corrected chi connectivity index (χ2v) is 7.48. The first-order valence-corrected chi connectivity index (χ1v) is 9.54. The van der Waals surface area contributed by atoms with Crippen LogP contribution in [-0.4, -0.2) is 34.9 Å². The highest BCUT2D eigenvalue weighted by atomic mass is 32.1. The van der Waals surface area contributed by atoms with Crippen LogP contribution < -0.4 is 5.32 Å². The minimum Gasteiger partial charge on any atom is -0.342 e. The largest absolute Gasteiger partial charge is 0.342 e. The van der Waals surface area contributed by atoms with E-state index in [0.29, 0.717) is 24.3 Å². The van der Waals surface area contributed by atoms with Gasteiger partial charge in [0.15, 0.2) is 0 Å². The average Bonchev–Trinajstić information content (AvgIpc) is 3.30. The van der Waals surface area contributed by atoms with Crippen LogP contribution in [0.4, 0.5) is 0 Å². The summed E-state index contributed by atoms with van der Waals surface area (Å²) < 4.78 is 0. The molecule has 0 spiro atoms. The third kappa shape index (κ3) is 3.69. The van der Waals surface area contributed by atoms with E-state index in [1.165, 1.54) is 23.5 Å². The van der Waals surface area contributed by atoms with E-state index in [9.17, 15) is 4.79 Å². The summed E-state index contributed by atoms with van der Waals surface area (Å²) in [6.07, 6.45) is 5.45. The molecule has 0 bridgehead atoms. The van der Waals surface area contributed by atoms with Crippen LogP contribution in [0.15, 0.2) is 5.38 Å². The smallest absolute Gasteiger partial charge is 0.222 e. The lowest BCUT2D eigenvalue weighted by Crippen LogP contribution is -2.50. The van der Waals surface area contributed by atoms with Crippen molar-refractivity contribution in [2.24, 2.45) is 5.92 Å². The zero-order chi connectivity index (χ0) is 15.5. The van der Waals surface area contributed by atoms with Crippen molar-refractivity contribution in [3.8, 4) is 0 Å². The number of piperidine rings is 1. The van der Waals surface area contributed by atoms with Gasteiger partial charge in [0.25, 0.3) is 0 Å². The maximum atomic E-state index is 11.9. The standard InChI is InChI=1S/C17H27N3OS/c1-3-12-10-20(16(21)4-2)8-7-15(12)18-9-14-11-22-17(19-14)13-5-6-13/h11-13,15,18H,3-10H2,1-2H3/t12-,15+/m1/s1. The highest BCUT2D eigenvalue weighted by Crippen LogP contribution is 2.41. The van der Waals surface area contributed by atoms with Gasteiger partial charge in [-0.15, -0.1) is 11.3 Å². The Labute approximate surface area is 137 Å². The molecule has 5 heteroatoms. The molecular formula is C17H27N3OS. The number of carbonyl (C=O) groups excluding carboxylic acids is 1. The molecule has 1 aromatic heterocycles. The SMILES string of the molecule is CCC(=O)N1CC[C@H](NCc2csc(C3CC3)n2)[C@H](CC)C1. The van der Waals surface area contributed by atoms with Gasteiger partial charge in [-0.25, -0.2) is 4.98 Å². The molecule has 1 saturated heterocycles. The highest BCUT2D eigenvalue weighted by molar-refractivity contribution is 7.09. The Morgan fingerprint density at radius 3 is 2.91 bits per heavy atom. The zero-order valence-electron chi connectivity index (χ0n) is 13.7. The Kier molecular flexibility index (Phi) is 5.14. The zero-order valence-corrected chi connectivity index (χ0v) is 14.5. The number of aromatic nitrogens is 1. The van der Waals surface area contributed by atoms with Gasteiger partial charge in [0.2, 0.25) is 5.91 Å². The molecule has 1 amide bonds. The van der Waals surface area contributed by atoms with Crippen LogP contribution >= 0.6 is 11.3 Å². The first kappa shape index (κ1) is 15.9. The van der Waals surface area contributed by atoms with E-state index >= 15 is 0 Å². The fourth-order valence-electron chi connectivity index (χ4n) is 3.32. The number of amides is 1. The molecule has 2 aliphatic rings. The molecule has 22 heavy (non-hydrogen) atoms. The van der Waals surface area contributed by atoms with E-state index in [0.717, 1.165) is 38.4 Å². The topological polar surface area (TPSA) is 45.2 Å². The molecule has 1 saturated carbocycles. The summed E-state index contributed by atoms with van der Waals surface area (Å²) in [6.45, 7) is 6.85. The van der Waals surface area contributed by atoms with E-state index in [1.807, 2.05) is 23.2 Å². The van der Waals surface area contributed by atoms with Crippen molar-refractivity contribution in [3.63, 3.8) is 0 Å². The molecule has 2 fully saturated rings. The number of hydrogen-bond acceptors (Lipinski definition) is 4. The van der Waals surface area contributed by atoms with Crippen molar-refractivity contribution >= 4 is 17.2 Å². The Morgan fingerprint density at radius 1 is 1.41 bits per heavy atom. The first-order chi connectivity index (χ1) is 10.7. The highest BCUT2D eigenvalue weighted by Gasteiger charge is 2.30. The van der Waals surface area contributed by atoms with Gasteiger partial charge in [0.05, 0.1) is 10.7 Å². The quantitative estimate of drug-likeness (QED) is 0.875. The molecule has 0 aromatic carbocycles. The molecule has 0 radical (unpaired) electrons. The second-order valence-electron chi connectivity index (χ2n) is 6.59. The molecule has 1 aromatic rings. The minimum atomic E-state index is 0.297. The molecule has 1 aliphatic heterocycles. The van der Waals surface area contributed by atoms with Crippen LogP contribution in [0.5, 0.6) is 0 Å². The lowest BCUT2D eigenvalue weighted by molar-refractivity contribution is -0.133. The summed E-state index contributed by atoms with van der Waals surface area (Å²) in [5.41, 5.74) is 1.19. The monoisotopic (exact) mass is 321 g/mol. The Bertz CT molecular complexity index is 512. The van der Waals surface area contributed by atoms with E-state index in [-0.39, 0.29) is 0 Å². The maximum absolute atomic E-state index is 11.9. The van der Waals surface area contributed by atoms with Gasteiger partial charge < -0.3 is 10.2 Å². The number of nitrogens with zero attached hydrogens (tertiary/aromatic N) is 2. The fourth-order valence-corrected chi connectivity index (χ4v) is 4.31. The van der Waals surface area contributed by atoms with Gasteiger partial charge >= 0.3 is 0 Å². The summed E-state index contributed by atoms with van der Waals surface area (Å²) in [5, 5.41) is 7.23. The van der Waals surface area contributed by atoms with E-state index < -0.39 is 0 Å². The third-order valence-electron chi connectivity index (χ3n) is 4.95. The van der Waals surface area contributed by atoms with Crippen molar-refractivity contribution < 1.29 is 4.79 Å². The summed E-state index contributed by atoms with van der Waals surface area (Å²) in [5.74, 6) is 1.61. The third-order valence-corrected chi connectivity index (χ3v) is 6.01. The number of rotatable bonds is 6. The van der Waals surface area contributed by atoms with Crippen LogP contribution in [0.2, 0.25) is 0 Å². The van der Waals surface area contributed by atoms with Crippen LogP contribution in [0.3, 0.4) is 0 Å². The summed E-state index contributed by atoms with van der Waals surface area (Å²) in [4.78, 5) is 18.7. The van der Waals surface area contributed by atoms with E-state index in [4.69, 9.17) is 4.98 Å².